The molecule has 3 aliphatic rings. The number of rotatable bonds is 7. The maximum Gasteiger partial charge on any atom is 0.257 e. The number of aryl methyl sites for hydroxylation is 1. The molecule has 2 saturated heterocycles. The zero-order valence-corrected chi connectivity index (χ0v) is 22.5. The number of amides is 2. The third-order valence-corrected chi connectivity index (χ3v) is 9.22. The molecule has 2 N–H and O–H groups in total. The lowest BCUT2D eigenvalue weighted by molar-refractivity contribution is -0.127. The van der Waals surface area contributed by atoms with E-state index in [-0.39, 0.29) is 23.8 Å². The molecule has 1 aliphatic carbocycles. The molecule has 0 bridgehead atoms. The number of carbonyl (C=O) groups excluding carboxylic acids is 2. The lowest BCUT2D eigenvalue weighted by atomic mass is 9.84. The molecular formula is C30H38N4O2S. The number of nitrogens with zero attached hydrogens (tertiary/aromatic N) is 2. The third kappa shape index (κ3) is 7.03. The molecule has 0 spiro atoms. The Hall–Kier alpha value is -2.61. The molecule has 196 valence electrons. The van der Waals surface area contributed by atoms with Crippen LogP contribution in [0.1, 0.15) is 36.0 Å². The van der Waals surface area contributed by atoms with Crippen LogP contribution in [-0.2, 0) is 16.1 Å². The van der Waals surface area contributed by atoms with Gasteiger partial charge in [0.05, 0.1) is 4.91 Å². The second-order valence-corrected chi connectivity index (χ2v) is 11.8. The molecule has 2 aromatic rings. The summed E-state index contributed by atoms with van der Waals surface area (Å²) in [5.41, 5.74) is 3.62. The zero-order valence-electron chi connectivity index (χ0n) is 21.7. The molecule has 1 saturated carbocycles. The molecule has 2 aromatic carbocycles. The summed E-state index contributed by atoms with van der Waals surface area (Å²) in [6.45, 7) is 8.85. The fourth-order valence-corrected chi connectivity index (χ4v) is 6.83. The van der Waals surface area contributed by atoms with Gasteiger partial charge in [-0.2, -0.15) is 0 Å². The molecule has 6 nitrogen and oxygen atoms in total. The highest BCUT2D eigenvalue weighted by molar-refractivity contribution is 8.04. The summed E-state index contributed by atoms with van der Waals surface area (Å²) >= 11 is 1.68. The normalized spacial score (nSPS) is 25.9. The first-order valence-corrected chi connectivity index (χ1v) is 14.4. The Bertz CT molecular complexity index is 1100. The van der Waals surface area contributed by atoms with Crippen LogP contribution in [0.25, 0.3) is 6.08 Å². The van der Waals surface area contributed by atoms with Crippen molar-refractivity contribution in [1.82, 2.24) is 20.4 Å². The highest BCUT2D eigenvalue weighted by Crippen LogP contribution is 2.39. The minimum atomic E-state index is -0.0208. The highest BCUT2D eigenvalue weighted by Gasteiger charge is 2.39. The third-order valence-electron chi connectivity index (χ3n) is 7.79. The summed E-state index contributed by atoms with van der Waals surface area (Å²) in [5.74, 6) is 0.105. The summed E-state index contributed by atoms with van der Waals surface area (Å²) in [6, 6.07) is 18.9. The number of thioether (sulfide) groups is 1. The van der Waals surface area contributed by atoms with Gasteiger partial charge in [-0.25, -0.2) is 0 Å². The number of carbonyl (C=O) groups is 2. The molecule has 2 amide bonds. The van der Waals surface area contributed by atoms with Gasteiger partial charge in [0.2, 0.25) is 5.91 Å². The van der Waals surface area contributed by atoms with Gasteiger partial charge < -0.3 is 10.6 Å². The van der Waals surface area contributed by atoms with Crippen LogP contribution < -0.4 is 10.6 Å². The van der Waals surface area contributed by atoms with Crippen molar-refractivity contribution in [1.29, 1.82) is 0 Å². The highest BCUT2D eigenvalue weighted by atomic mass is 32.2. The van der Waals surface area contributed by atoms with Crippen LogP contribution in [0.4, 0.5) is 0 Å². The molecule has 3 unspecified atom stereocenters. The zero-order chi connectivity index (χ0) is 25.6. The Balaban J connectivity index is 1.03. The summed E-state index contributed by atoms with van der Waals surface area (Å²) < 4.78 is 0. The number of benzene rings is 2. The SMILES string of the molecule is Cc1ccc(/C=C2/SC3CCC(C(=O)NCCN4CCN(Cc5ccccc5)CC4)CC3NC2=O)cc1. The van der Waals surface area contributed by atoms with Crippen molar-refractivity contribution in [3.8, 4) is 0 Å². The monoisotopic (exact) mass is 518 g/mol. The van der Waals surface area contributed by atoms with E-state index in [1.807, 2.05) is 18.2 Å². The number of nitrogens with one attached hydrogen (secondary N) is 2. The van der Waals surface area contributed by atoms with Crippen molar-refractivity contribution < 1.29 is 9.59 Å². The molecule has 0 aromatic heterocycles. The minimum Gasteiger partial charge on any atom is -0.355 e. The van der Waals surface area contributed by atoms with Gasteiger partial charge in [-0.05, 0) is 43.4 Å². The predicted octanol–water partition coefficient (Wildman–Crippen LogP) is 3.67. The van der Waals surface area contributed by atoms with Crippen molar-refractivity contribution >= 4 is 29.7 Å². The summed E-state index contributed by atoms with van der Waals surface area (Å²) in [5, 5.41) is 6.71. The van der Waals surface area contributed by atoms with Crippen LogP contribution in [0, 0.1) is 12.8 Å². The van der Waals surface area contributed by atoms with E-state index < -0.39 is 0 Å². The molecule has 5 rings (SSSR count). The van der Waals surface area contributed by atoms with Crippen LogP contribution in [-0.4, -0.2) is 72.2 Å². The smallest absolute Gasteiger partial charge is 0.257 e. The van der Waals surface area contributed by atoms with Crippen molar-refractivity contribution in [3.05, 3.63) is 76.2 Å². The molecule has 2 aliphatic heterocycles. The average molecular weight is 519 g/mol. The van der Waals surface area contributed by atoms with E-state index in [4.69, 9.17) is 0 Å². The summed E-state index contributed by atoms with van der Waals surface area (Å²) in [4.78, 5) is 31.4. The van der Waals surface area contributed by atoms with Gasteiger partial charge in [0.25, 0.3) is 5.91 Å². The van der Waals surface area contributed by atoms with Crippen LogP contribution in [0.2, 0.25) is 0 Å². The van der Waals surface area contributed by atoms with Crippen molar-refractivity contribution in [3.63, 3.8) is 0 Å². The number of hydrogen-bond donors (Lipinski definition) is 2. The van der Waals surface area contributed by atoms with Crippen molar-refractivity contribution in [2.24, 2.45) is 5.92 Å². The molecular weight excluding hydrogens is 480 g/mol. The molecule has 37 heavy (non-hydrogen) atoms. The van der Waals surface area contributed by atoms with Gasteiger partial charge in [-0.3, -0.25) is 19.4 Å². The first-order chi connectivity index (χ1) is 18.0. The Morgan fingerprint density at radius 3 is 2.51 bits per heavy atom. The second-order valence-electron chi connectivity index (χ2n) is 10.6. The molecule has 0 radical (unpaired) electrons. The van der Waals surface area contributed by atoms with Gasteiger partial charge in [0.15, 0.2) is 0 Å². The van der Waals surface area contributed by atoms with E-state index in [1.165, 1.54) is 11.1 Å². The predicted molar refractivity (Wildman–Crippen MR) is 151 cm³/mol. The van der Waals surface area contributed by atoms with E-state index in [0.29, 0.717) is 11.8 Å². The van der Waals surface area contributed by atoms with Crippen LogP contribution in [0.5, 0.6) is 0 Å². The lowest BCUT2D eigenvalue weighted by Crippen LogP contribution is -2.52. The van der Waals surface area contributed by atoms with E-state index in [2.05, 4.69) is 69.8 Å². The topological polar surface area (TPSA) is 64.7 Å². The first kappa shape index (κ1) is 26.0. The quantitative estimate of drug-likeness (QED) is 0.548. The Kier molecular flexibility index (Phi) is 8.64. The van der Waals surface area contributed by atoms with Crippen LogP contribution in [0.3, 0.4) is 0 Å². The standard InChI is InChI=1S/C30H38N4O2S/c1-22-7-9-23(10-8-22)19-28-30(36)32-26-20-25(11-12-27(26)37-28)29(35)31-13-14-33-15-17-34(18-16-33)21-24-5-3-2-4-6-24/h2-10,19,25-27H,11-18,20-21H2,1H3,(H,31,35)(H,32,36)/b28-19+. The maximum absolute atomic E-state index is 12.9. The van der Waals surface area contributed by atoms with Gasteiger partial charge in [0, 0.05) is 63.0 Å². The van der Waals surface area contributed by atoms with E-state index in [1.54, 1.807) is 11.8 Å². The minimum absolute atomic E-state index is 0.0145. The second kappa shape index (κ2) is 12.3. The average Bonchev–Trinajstić information content (AvgIpc) is 2.91. The van der Waals surface area contributed by atoms with Gasteiger partial charge in [-0.15, -0.1) is 11.8 Å². The first-order valence-electron chi connectivity index (χ1n) is 13.6. The fraction of sp³-hybridized carbons (Fsp3) is 0.467. The van der Waals surface area contributed by atoms with E-state index in [0.717, 1.165) is 69.0 Å². The number of fused-ring (bicyclic) bond motifs is 1. The number of hydrogen-bond acceptors (Lipinski definition) is 5. The number of piperazine rings is 1. The molecule has 7 heteroatoms. The van der Waals surface area contributed by atoms with E-state index >= 15 is 0 Å². The molecule has 2 heterocycles. The molecule has 3 atom stereocenters. The molecule has 3 fully saturated rings. The van der Waals surface area contributed by atoms with Crippen molar-refractivity contribution in [2.45, 2.75) is 44.0 Å². The van der Waals surface area contributed by atoms with Gasteiger partial charge in [0.1, 0.15) is 0 Å². The fourth-order valence-electron chi connectivity index (χ4n) is 5.54. The Morgan fingerprint density at radius 2 is 1.76 bits per heavy atom. The largest absolute Gasteiger partial charge is 0.355 e. The Morgan fingerprint density at radius 1 is 1.03 bits per heavy atom. The Labute approximate surface area is 224 Å². The summed E-state index contributed by atoms with van der Waals surface area (Å²) in [7, 11) is 0. The van der Waals surface area contributed by atoms with Gasteiger partial charge >= 0.3 is 0 Å². The maximum atomic E-state index is 12.9. The summed E-state index contributed by atoms with van der Waals surface area (Å²) in [6.07, 6.45) is 4.54. The van der Waals surface area contributed by atoms with Crippen LogP contribution >= 0.6 is 11.8 Å². The van der Waals surface area contributed by atoms with Crippen LogP contribution in [0.15, 0.2) is 59.5 Å². The lowest BCUT2D eigenvalue weighted by Gasteiger charge is -2.39. The van der Waals surface area contributed by atoms with Gasteiger partial charge in [-0.1, -0.05) is 60.2 Å². The van der Waals surface area contributed by atoms with E-state index in [9.17, 15) is 9.59 Å². The van der Waals surface area contributed by atoms with Crippen molar-refractivity contribution in [2.75, 3.05) is 39.3 Å².